The zero-order valence-corrected chi connectivity index (χ0v) is 14.4. The first-order valence-corrected chi connectivity index (χ1v) is 8.34. The van der Waals surface area contributed by atoms with Gasteiger partial charge in [0.1, 0.15) is 0 Å². The summed E-state index contributed by atoms with van der Waals surface area (Å²) in [5.74, 6) is -0.301. The van der Waals surface area contributed by atoms with Crippen molar-refractivity contribution >= 4 is 63.3 Å². The van der Waals surface area contributed by atoms with Gasteiger partial charge in [0, 0.05) is 12.1 Å². The van der Waals surface area contributed by atoms with Crippen molar-refractivity contribution in [3.63, 3.8) is 0 Å². The molecule has 2 aromatic carbocycles. The van der Waals surface area contributed by atoms with Crippen LogP contribution in [-0.2, 0) is 4.79 Å². The first-order valence-electron chi connectivity index (χ1n) is 6.74. The first-order chi connectivity index (χ1) is 11.5. The van der Waals surface area contributed by atoms with Crippen LogP contribution in [0.2, 0.25) is 5.02 Å². The van der Waals surface area contributed by atoms with Crippen molar-refractivity contribution in [3.8, 4) is 0 Å². The number of anilines is 1. The molecule has 0 spiro atoms. The predicted molar refractivity (Wildman–Crippen MR) is 100 cm³/mol. The van der Waals surface area contributed by atoms with E-state index in [0.717, 1.165) is 11.8 Å². The topological polar surface area (TPSA) is 63.4 Å². The lowest BCUT2D eigenvalue weighted by atomic mass is 10.2. The van der Waals surface area contributed by atoms with Crippen molar-refractivity contribution in [2.75, 3.05) is 4.90 Å². The molecule has 0 N–H and O–H groups in total. The molecule has 2 aromatic rings. The molecule has 0 aromatic heterocycles. The van der Waals surface area contributed by atoms with E-state index in [1.165, 1.54) is 17.0 Å². The smallest absolute Gasteiger partial charge is 0.268 e. The maximum absolute atomic E-state index is 12.6. The third kappa shape index (κ3) is 3.19. The first kappa shape index (κ1) is 16.6. The van der Waals surface area contributed by atoms with E-state index < -0.39 is 4.92 Å². The highest BCUT2D eigenvalue weighted by molar-refractivity contribution is 8.27. The molecule has 1 aliphatic rings. The molecule has 1 aliphatic heterocycles. The summed E-state index contributed by atoms with van der Waals surface area (Å²) in [4.78, 5) is 24.8. The van der Waals surface area contributed by atoms with Crippen LogP contribution in [0.3, 0.4) is 0 Å². The summed E-state index contributed by atoms with van der Waals surface area (Å²) in [7, 11) is 0. The highest BCUT2D eigenvalue weighted by atomic mass is 35.5. The second-order valence-electron chi connectivity index (χ2n) is 4.82. The Morgan fingerprint density at radius 2 is 1.96 bits per heavy atom. The number of benzene rings is 2. The highest BCUT2D eigenvalue weighted by Crippen LogP contribution is 2.38. The predicted octanol–water partition coefficient (Wildman–Crippen LogP) is 4.65. The summed E-state index contributed by atoms with van der Waals surface area (Å²) in [5, 5.41) is 11.3. The second kappa shape index (κ2) is 6.72. The molecule has 1 amide bonds. The SMILES string of the molecule is O=C1/C(=C\c2cccc([N+](=O)[O-])c2)SC(=S)N1c1ccccc1Cl. The standard InChI is InChI=1S/C16H9ClN2O3S2/c17-12-6-1-2-7-13(12)18-15(20)14(24-16(18)23)9-10-4-3-5-11(8-10)19(21)22/h1-9H/b14-9+. The molecule has 0 atom stereocenters. The van der Waals surface area contributed by atoms with Crippen LogP contribution in [0.4, 0.5) is 11.4 Å². The van der Waals surface area contributed by atoms with Crippen molar-refractivity contribution in [2.45, 2.75) is 0 Å². The monoisotopic (exact) mass is 376 g/mol. The normalized spacial score (nSPS) is 16.0. The van der Waals surface area contributed by atoms with Crippen LogP contribution in [-0.4, -0.2) is 15.2 Å². The number of nitro groups is 1. The van der Waals surface area contributed by atoms with Crippen LogP contribution >= 0.6 is 35.6 Å². The third-order valence-corrected chi connectivity index (χ3v) is 4.89. The van der Waals surface area contributed by atoms with Gasteiger partial charge in [-0.15, -0.1) is 0 Å². The van der Waals surface area contributed by atoms with Gasteiger partial charge >= 0.3 is 0 Å². The van der Waals surface area contributed by atoms with Gasteiger partial charge in [0.25, 0.3) is 11.6 Å². The molecule has 0 bridgehead atoms. The number of nitrogens with zero attached hydrogens (tertiary/aromatic N) is 2. The minimum atomic E-state index is -0.480. The van der Waals surface area contributed by atoms with Gasteiger partial charge in [0.15, 0.2) is 4.32 Å². The Hall–Kier alpha value is -2.22. The van der Waals surface area contributed by atoms with E-state index in [-0.39, 0.29) is 11.6 Å². The number of non-ortho nitro benzene ring substituents is 1. The van der Waals surface area contributed by atoms with Gasteiger partial charge in [0.05, 0.1) is 20.5 Å². The summed E-state index contributed by atoms with van der Waals surface area (Å²) >= 11 is 12.6. The number of hydrogen-bond donors (Lipinski definition) is 0. The Morgan fingerprint density at radius 3 is 2.67 bits per heavy atom. The average molecular weight is 377 g/mol. The van der Waals surface area contributed by atoms with E-state index in [0.29, 0.717) is 25.5 Å². The molecule has 5 nitrogen and oxygen atoms in total. The molecule has 1 fully saturated rings. The number of para-hydroxylation sites is 1. The number of carbonyl (C=O) groups excluding carboxylic acids is 1. The molecule has 1 heterocycles. The summed E-state index contributed by atoms with van der Waals surface area (Å²) in [6.45, 7) is 0. The van der Waals surface area contributed by atoms with Crippen molar-refractivity contribution in [3.05, 3.63) is 74.1 Å². The van der Waals surface area contributed by atoms with Gasteiger partial charge in [-0.2, -0.15) is 0 Å². The Labute approximate surface area is 152 Å². The number of nitro benzene ring substituents is 1. The fourth-order valence-electron chi connectivity index (χ4n) is 2.19. The molecular weight excluding hydrogens is 368 g/mol. The van der Waals surface area contributed by atoms with Crippen molar-refractivity contribution in [1.82, 2.24) is 0 Å². The largest absolute Gasteiger partial charge is 0.270 e. The summed E-state index contributed by atoms with van der Waals surface area (Å²) in [6, 6.07) is 13.0. The van der Waals surface area contributed by atoms with E-state index in [4.69, 9.17) is 23.8 Å². The molecule has 3 rings (SSSR count). The lowest BCUT2D eigenvalue weighted by Gasteiger charge is -2.15. The van der Waals surface area contributed by atoms with E-state index in [1.54, 1.807) is 42.5 Å². The van der Waals surface area contributed by atoms with Gasteiger partial charge in [0.2, 0.25) is 0 Å². The number of amides is 1. The number of hydrogen-bond acceptors (Lipinski definition) is 5. The molecule has 8 heteroatoms. The van der Waals surface area contributed by atoms with Gasteiger partial charge in [-0.25, -0.2) is 0 Å². The fraction of sp³-hybridized carbons (Fsp3) is 0. The molecule has 0 saturated carbocycles. The van der Waals surface area contributed by atoms with Crippen molar-refractivity contribution in [1.29, 1.82) is 0 Å². The second-order valence-corrected chi connectivity index (χ2v) is 6.90. The quantitative estimate of drug-likeness (QED) is 0.337. The van der Waals surface area contributed by atoms with E-state index in [2.05, 4.69) is 0 Å². The molecule has 0 radical (unpaired) electrons. The molecule has 0 aliphatic carbocycles. The van der Waals surface area contributed by atoms with Crippen LogP contribution in [0, 0.1) is 10.1 Å². The number of rotatable bonds is 3. The van der Waals surface area contributed by atoms with E-state index in [1.807, 2.05) is 0 Å². The van der Waals surface area contributed by atoms with Crippen molar-refractivity contribution in [2.24, 2.45) is 0 Å². The Bertz CT molecular complexity index is 898. The Balaban J connectivity index is 1.96. The maximum atomic E-state index is 12.6. The van der Waals surface area contributed by atoms with E-state index >= 15 is 0 Å². The summed E-state index contributed by atoms with van der Waals surface area (Å²) in [5.41, 5.74) is 1.04. The third-order valence-electron chi connectivity index (χ3n) is 3.27. The number of halogens is 1. The minimum Gasteiger partial charge on any atom is -0.268 e. The van der Waals surface area contributed by atoms with Crippen molar-refractivity contribution < 1.29 is 9.72 Å². The summed E-state index contributed by atoms with van der Waals surface area (Å²) < 4.78 is 0.366. The number of thioether (sulfide) groups is 1. The number of carbonyl (C=O) groups is 1. The van der Waals surface area contributed by atoms with Crippen LogP contribution in [0.5, 0.6) is 0 Å². The molecular formula is C16H9ClN2O3S2. The minimum absolute atomic E-state index is 0.0367. The van der Waals surface area contributed by atoms with Crippen LogP contribution < -0.4 is 4.90 Å². The zero-order chi connectivity index (χ0) is 17.3. The van der Waals surface area contributed by atoms with E-state index in [9.17, 15) is 14.9 Å². The average Bonchev–Trinajstić information content (AvgIpc) is 2.82. The lowest BCUT2D eigenvalue weighted by Crippen LogP contribution is -2.27. The van der Waals surface area contributed by atoms with Crippen LogP contribution in [0.25, 0.3) is 6.08 Å². The molecule has 0 unspecified atom stereocenters. The fourth-order valence-corrected chi connectivity index (χ4v) is 3.69. The van der Waals surface area contributed by atoms with Gasteiger partial charge < -0.3 is 0 Å². The molecule has 24 heavy (non-hydrogen) atoms. The lowest BCUT2D eigenvalue weighted by molar-refractivity contribution is -0.384. The Kier molecular flexibility index (Phi) is 4.66. The van der Waals surface area contributed by atoms with Crippen LogP contribution in [0.1, 0.15) is 5.56 Å². The maximum Gasteiger partial charge on any atom is 0.270 e. The summed E-state index contributed by atoms with van der Waals surface area (Å²) in [6.07, 6.45) is 1.59. The zero-order valence-electron chi connectivity index (χ0n) is 12.0. The number of thiocarbonyl (C=S) groups is 1. The van der Waals surface area contributed by atoms with Gasteiger partial charge in [-0.3, -0.25) is 19.8 Å². The Morgan fingerprint density at radius 1 is 1.21 bits per heavy atom. The van der Waals surface area contributed by atoms with Crippen LogP contribution in [0.15, 0.2) is 53.4 Å². The van der Waals surface area contributed by atoms with Gasteiger partial charge in [-0.1, -0.05) is 59.8 Å². The molecule has 1 saturated heterocycles. The highest BCUT2D eigenvalue weighted by Gasteiger charge is 2.34. The van der Waals surface area contributed by atoms with Gasteiger partial charge in [-0.05, 0) is 23.8 Å². The molecule has 120 valence electrons.